The van der Waals surface area contributed by atoms with Gasteiger partial charge in [-0.1, -0.05) is 0 Å². The minimum atomic E-state index is 0.611. The van der Waals surface area contributed by atoms with E-state index in [9.17, 15) is 0 Å². The molecular weight excluding hydrogens is 188 g/mol. The average Bonchev–Trinajstić information content (AvgIpc) is 2.26. The third kappa shape index (κ3) is 1.61. The second-order valence-corrected chi connectivity index (χ2v) is 3.32. The summed E-state index contributed by atoms with van der Waals surface area (Å²) in [6, 6.07) is 5.33. The van der Waals surface area contributed by atoms with Gasteiger partial charge in [0, 0.05) is 29.3 Å². The van der Waals surface area contributed by atoms with Crippen molar-refractivity contribution in [2.24, 2.45) is 0 Å². The summed E-state index contributed by atoms with van der Waals surface area (Å²) in [6.07, 6.45) is 3.37. The summed E-state index contributed by atoms with van der Waals surface area (Å²) >= 11 is 0. The molecule has 1 aromatic carbocycles. The highest BCUT2D eigenvalue weighted by Crippen LogP contribution is 2.29. The normalized spacial score (nSPS) is 10.2. The van der Waals surface area contributed by atoms with Crippen LogP contribution in [0.1, 0.15) is 5.56 Å². The molecule has 4 heteroatoms. The smallest absolute Gasteiger partial charge is 0.161 e. The lowest BCUT2D eigenvalue weighted by Crippen LogP contribution is -2.00. The maximum atomic E-state index is 5.89. The topological polar surface area (TPSA) is 77.8 Å². The zero-order chi connectivity index (χ0) is 10.8. The van der Waals surface area contributed by atoms with E-state index >= 15 is 0 Å². The van der Waals surface area contributed by atoms with Gasteiger partial charge in [-0.15, -0.1) is 0 Å². The van der Waals surface area contributed by atoms with Gasteiger partial charge < -0.3 is 11.5 Å². The number of hydrogen-bond donors (Lipinski definition) is 2. The van der Waals surface area contributed by atoms with Gasteiger partial charge in [0.2, 0.25) is 0 Å². The summed E-state index contributed by atoms with van der Waals surface area (Å²) in [5.41, 5.74) is 14.8. The zero-order valence-electron chi connectivity index (χ0n) is 8.44. The maximum Gasteiger partial charge on any atom is 0.161 e. The largest absolute Gasteiger partial charge is 0.398 e. The maximum absolute atomic E-state index is 5.89. The molecule has 2 aromatic rings. The van der Waals surface area contributed by atoms with Gasteiger partial charge >= 0.3 is 0 Å². The third-order valence-corrected chi connectivity index (χ3v) is 2.33. The van der Waals surface area contributed by atoms with E-state index in [4.69, 9.17) is 11.5 Å². The lowest BCUT2D eigenvalue weighted by atomic mass is 10.0. The SMILES string of the molecule is Cc1c(N)ccc(N)c1-c1ncccn1. The predicted octanol–water partition coefficient (Wildman–Crippen LogP) is 1.62. The van der Waals surface area contributed by atoms with E-state index in [0.29, 0.717) is 17.2 Å². The second-order valence-electron chi connectivity index (χ2n) is 3.32. The van der Waals surface area contributed by atoms with E-state index in [2.05, 4.69) is 9.97 Å². The molecule has 0 radical (unpaired) electrons. The van der Waals surface area contributed by atoms with E-state index in [1.54, 1.807) is 30.6 Å². The van der Waals surface area contributed by atoms with E-state index in [0.717, 1.165) is 11.1 Å². The van der Waals surface area contributed by atoms with Crippen LogP contribution in [0.25, 0.3) is 11.4 Å². The molecule has 0 bridgehead atoms. The Labute approximate surface area is 88.0 Å². The highest BCUT2D eigenvalue weighted by molar-refractivity contribution is 5.79. The Morgan fingerprint density at radius 2 is 1.60 bits per heavy atom. The van der Waals surface area contributed by atoms with Gasteiger partial charge in [-0.2, -0.15) is 0 Å². The second kappa shape index (κ2) is 3.57. The summed E-state index contributed by atoms with van der Waals surface area (Å²) < 4.78 is 0. The van der Waals surface area contributed by atoms with Crippen molar-refractivity contribution in [2.75, 3.05) is 11.5 Å². The molecule has 0 saturated carbocycles. The first-order valence-corrected chi connectivity index (χ1v) is 4.62. The molecule has 0 fully saturated rings. The van der Waals surface area contributed by atoms with Crippen LogP contribution in [0, 0.1) is 6.92 Å². The fourth-order valence-electron chi connectivity index (χ4n) is 1.47. The molecule has 15 heavy (non-hydrogen) atoms. The molecule has 0 aliphatic carbocycles. The van der Waals surface area contributed by atoms with Gasteiger partial charge in [0.05, 0.1) is 0 Å². The summed E-state index contributed by atoms with van der Waals surface area (Å²) in [7, 11) is 0. The van der Waals surface area contributed by atoms with Crippen LogP contribution in [0.3, 0.4) is 0 Å². The molecular formula is C11H12N4. The van der Waals surface area contributed by atoms with Crippen LogP contribution in [-0.4, -0.2) is 9.97 Å². The Balaban J connectivity index is 2.68. The molecule has 0 saturated heterocycles. The van der Waals surface area contributed by atoms with Crippen molar-refractivity contribution in [3.8, 4) is 11.4 Å². The molecule has 0 atom stereocenters. The van der Waals surface area contributed by atoms with Gasteiger partial charge in [-0.05, 0) is 30.7 Å². The van der Waals surface area contributed by atoms with Crippen molar-refractivity contribution in [2.45, 2.75) is 6.92 Å². The number of anilines is 2. The van der Waals surface area contributed by atoms with E-state index < -0.39 is 0 Å². The van der Waals surface area contributed by atoms with Crippen molar-refractivity contribution in [1.29, 1.82) is 0 Å². The van der Waals surface area contributed by atoms with Crippen LogP contribution in [0.15, 0.2) is 30.6 Å². The Hall–Kier alpha value is -2.10. The Morgan fingerprint density at radius 1 is 1.00 bits per heavy atom. The number of rotatable bonds is 1. The van der Waals surface area contributed by atoms with Crippen molar-refractivity contribution >= 4 is 11.4 Å². The van der Waals surface area contributed by atoms with Crippen LogP contribution in [0.2, 0.25) is 0 Å². The minimum absolute atomic E-state index is 0.611. The fourth-order valence-corrected chi connectivity index (χ4v) is 1.47. The quantitative estimate of drug-likeness (QED) is 0.685. The van der Waals surface area contributed by atoms with Gasteiger partial charge in [-0.25, -0.2) is 9.97 Å². The Kier molecular flexibility index (Phi) is 2.25. The van der Waals surface area contributed by atoms with Crippen molar-refractivity contribution in [1.82, 2.24) is 9.97 Å². The lowest BCUT2D eigenvalue weighted by molar-refractivity contribution is 1.17. The molecule has 0 aliphatic heterocycles. The molecule has 76 valence electrons. The number of benzene rings is 1. The summed E-state index contributed by atoms with van der Waals surface area (Å²) in [5.74, 6) is 0.611. The van der Waals surface area contributed by atoms with Gasteiger partial charge in [0.15, 0.2) is 5.82 Å². The van der Waals surface area contributed by atoms with Gasteiger partial charge in [0.1, 0.15) is 0 Å². The number of aromatic nitrogens is 2. The molecule has 1 aromatic heterocycles. The zero-order valence-corrected chi connectivity index (χ0v) is 8.44. The third-order valence-electron chi connectivity index (χ3n) is 2.33. The number of nitrogens with zero attached hydrogens (tertiary/aromatic N) is 2. The molecule has 0 spiro atoms. The van der Waals surface area contributed by atoms with Crippen LogP contribution in [-0.2, 0) is 0 Å². The molecule has 2 rings (SSSR count). The fraction of sp³-hybridized carbons (Fsp3) is 0.0909. The number of nitrogen functional groups attached to an aromatic ring is 2. The van der Waals surface area contributed by atoms with Crippen LogP contribution < -0.4 is 11.5 Å². The first kappa shape index (κ1) is 9.45. The van der Waals surface area contributed by atoms with Crippen LogP contribution >= 0.6 is 0 Å². The van der Waals surface area contributed by atoms with Crippen molar-refractivity contribution < 1.29 is 0 Å². The molecule has 1 heterocycles. The standard InChI is InChI=1S/C11H12N4/c1-7-8(12)3-4-9(13)10(7)11-14-5-2-6-15-11/h2-6H,12-13H2,1H3. The first-order valence-electron chi connectivity index (χ1n) is 4.62. The van der Waals surface area contributed by atoms with Crippen LogP contribution in [0.5, 0.6) is 0 Å². The van der Waals surface area contributed by atoms with Crippen molar-refractivity contribution in [3.05, 3.63) is 36.2 Å². The highest BCUT2D eigenvalue weighted by atomic mass is 14.9. The highest BCUT2D eigenvalue weighted by Gasteiger charge is 2.10. The van der Waals surface area contributed by atoms with Gasteiger partial charge in [0.25, 0.3) is 0 Å². The lowest BCUT2D eigenvalue weighted by Gasteiger charge is -2.09. The summed E-state index contributed by atoms with van der Waals surface area (Å²) in [6.45, 7) is 1.91. The van der Waals surface area contributed by atoms with E-state index in [-0.39, 0.29) is 0 Å². The molecule has 0 amide bonds. The van der Waals surface area contributed by atoms with E-state index in [1.165, 1.54) is 0 Å². The first-order chi connectivity index (χ1) is 7.20. The Bertz CT molecular complexity index is 479. The molecule has 0 aliphatic rings. The molecule has 0 unspecified atom stereocenters. The van der Waals surface area contributed by atoms with Gasteiger partial charge in [-0.3, -0.25) is 0 Å². The van der Waals surface area contributed by atoms with Crippen LogP contribution in [0.4, 0.5) is 11.4 Å². The molecule has 4 N–H and O–H groups in total. The molecule has 4 nitrogen and oxygen atoms in total. The Morgan fingerprint density at radius 3 is 2.27 bits per heavy atom. The van der Waals surface area contributed by atoms with Crippen molar-refractivity contribution in [3.63, 3.8) is 0 Å². The predicted molar refractivity (Wildman–Crippen MR) is 61.0 cm³/mol. The monoisotopic (exact) mass is 200 g/mol. The summed E-state index contributed by atoms with van der Waals surface area (Å²) in [4.78, 5) is 8.33. The minimum Gasteiger partial charge on any atom is -0.398 e. The summed E-state index contributed by atoms with van der Waals surface area (Å²) in [5, 5.41) is 0. The number of nitrogens with two attached hydrogens (primary N) is 2. The number of hydrogen-bond acceptors (Lipinski definition) is 4. The average molecular weight is 200 g/mol. The van der Waals surface area contributed by atoms with E-state index in [1.807, 2.05) is 6.92 Å².